The molecule has 2 heterocycles. The predicted octanol–water partition coefficient (Wildman–Crippen LogP) is 6.46. The molecule has 0 aliphatic carbocycles. The van der Waals surface area contributed by atoms with E-state index in [4.69, 9.17) is 4.74 Å². The molecule has 0 atom stereocenters. The second-order valence-electron chi connectivity index (χ2n) is 9.34. The van der Waals surface area contributed by atoms with E-state index in [1.165, 1.54) is 0 Å². The van der Waals surface area contributed by atoms with Crippen LogP contribution in [0.15, 0.2) is 29.3 Å². The van der Waals surface area contributed by atoms with E-state index in [9.17, 15) is 4.79 Å². The van der Waals surface area contributed by atoms with Crippen molar-refractivity contribution < 1.29 is 9.53 Å². The van der Waals surface area contributed by atoms with E-state index in [0.29, 0.717) is 11.8 Å². The molecular formula is C23H34BrNO2. The third-order valence-electron chi connectivity index (χ3n) is 4.68. The van der Waals surface area contributed by atoms with Gasteiger partial charge in [-0.2, -0.15) is 0 Å². The lowest BCUT2D eigenvalue weighted by atomic mass is 9.81. The van der Waals surface area contributed by atoms with Gasteiger partial charge >= 0.3 is 0 Å². The van der Waals surface area contributed by atoms with Gasteiger partial charge in [0.05, 0.1) is 0 Å². The fraction of sp³-hybridized carbons (Fsp3) is 0.609. The van der Waals surface area contributed by atoms with Crippen molar-refractivity contribution in [3.63, 3.8) is 0 Å². The van der Waals surface area contributed by atoms with Crippen LogP contribution in [0.2, 0.25) is 0 Å². The van der Waals surface area contributed by atoms with Gasteiger partial charge in [-0.05, 0) is 35.6 Å². The summed E-state index contributed by atoms with van der Waals surface area (Å²) in [6.07, 6.45) is 4.19. The number of carbonyl (C=O) groups excluding carboxylic acids is 1. The van der Waals surface area contributed by atoms with Crippen LogP contribution in [0.25, 0.3) is 5.57 Å². The maximum atomic E-state index is 12.0. The number of piperidine rings is 1. The minimum Gasteiger partial charge on any atom is -0.486 e. The number of likely N-dealkylation sites (tertiary alicyclic amines) is 1. The van der Waals surface area contributed by atoms with Gasteiger partial charge in [-0.25, -0.2) is 0 Å². The van der Waals surface area contributed by atoms with Crippen LogP contribution in [0.1, 0.15) is 72.3 Å². The van der Waals surface area contributed by atoms with E-state index in [1.54, 1.807) is 0 Å². The summed E-state index contributed by atoms with van der Waals surface area (Å²) in [6.45, 7) is 16.6. The average molecular weight is 436 g/mol. The molecule has 0 aromatic heterocycles. The summed E-state index contributed by atoms with van der Waals surface area (Å²) in [5.74, 6) is 1.20. The summed E-state index contributed by atoms with van der Waals surface area (Å²) in [5.41, 5.74) is 2.56. The van der Waals surface area contributed by atoms with E-state index < -0.39 is 0 Å². The third-order valence-corrected chi connectivity index (χ3v) is 5.17. The number of hydrogen-bond donors (Lipinski definition) is 0. The molecule has 1 spiro atoms. The highest BCUT2D eigenvalue weighted by Gasteiger charge is 2.41. The maximum absolute atomic E-state index is 12.0. The Labute approximate surface area is 173 Å². The van der Waals surface area contributed by atoms with Crippen molar-refractivity contribution in [2.75, 3.05) is 13.1 Å². The van der Waals surface area contributed by atoms with Crippen LogP contribution in [-0.2, 0) is 4.79 Å². The number of nitrogens with zero attached hydrogens (tertiary/aromatic N) is 1. The zero-order valence-corrected chi connectivity index (χ0v) is 19.1. The van der Waals surface area contributed by atoms with Crippen LogP contribution in [0, 0.1) is 5.41 Å². The molecule has 2 aliphatic heterocycles. The lowest BCUT2D eigenvalue weighted by Gasteiger charge is -2.45. The summed E-state index contributed by atoms with van der Waals surface area (Å²) in [4.78, 5) is 14.0. The van der Waals surface area contributed by atoms with Crippen LogP contribution in [-0.4, -0.2) is 29.5 Å². The first-order valence-corrected chi connectivity index (χ1v) is 10.8. The molecule has 0 bridgehead atoms. The number of amides is 1. The molecular weight excluding hydrogens is 402 g/mol. The zero-order chi connectivity index (χ0) is 20.2. The van der Waals surface area contributed by atoms with Gasteiger partial charge in [0.1, 0.15) is 11.4 Å². The number of halogens is 1. The van der Waals surface area contributed by atoms with Crippen LogP contribution < -0.4 is 4.74 Å². The van der Waals surface area contributed by atoms with E-state index in [-0.39, 0.29) is 11.5 Å². The first-order chi connectivity index (χ1) is 12.5. The Morgan fingerprint density at radius 2 is 1.85 bits per heavy atom. The van der Waals surface area contributed by atoms with Gasteiger partial charge in [0.25, 0.3) is 0 Å². The highest BCUT2D eigenvalue weighted by molar-refractivity contribution is 9.10. The maximum Gasteiger partial charge on any atom is 0.222 e. The second-order valence-corrected chi connectivity index (χ2v) is 10.3. The van der Waals surface area contributed by atoms with Crippen molar-refractivity contribution >= 4 is 27.4 Å². The van der Waals surface area contributed by atoms with Crippen molar-refractivity contribution in [1.82, 2.24) is 4.90 Å². The van der Waals surface area contributed by atoms with E-state index in [2.05, 4.69) is 56.3 Å². The Morgan fingerprint density at radius 3 is 2.41 bits per heavy atom. The summed E-state index contributed by atoms with van der Waals surface area (Å²) < 4.78 is 7.40. The number of hydrogen-bond acceptors (Lipinski definition) is 2. The summed E-state index contributed by atoms with van der Waals surface area (Å²) >= 11 is 3.50. The molecule has 1 saturated heterocycles. The largest absolute Gasteiger partial charge is 0.486 e. The standard InChI is InChI=1S/C18H22BrNO2.C5H12/c1-3-4-17(21)20-9-7-18(8-10-20)12-13(2)15-11-14(19)5-6-16(15)22-18;1-5(2,3)4/h5-6,11H,2-4,7-10,12H2,1H3;1-4H3. The highest BCUT2D eigenvalue weighted by Crippen LogP contribution is 2.44. The average Bonchev–Trinajstić information content (AvgIpc) is 2.55. The molecule has 0 radical (unpaired) electrons. The molecule has 1 aromatic carbocycles. The Hall–Kier alpha value is -1.29. The number of fused-ring (bicyclic) bond motifs is 1. The van der Waals surface area contributed by atoms with Crippen LogP contribution in [0.5, 0.6) is 5.75 Å². The molecule has 1 aromatic rings. The van der Waals surface area contributed by atoms with Crippen molar-refractivity contribution in [2.24, 2.45) is 5.41 Å². The molecule has 1 amide bonds. The molecule has 0 N–H and O–H groups in total. The molecule has 3 nitrogen and oxygen atoms in total. The molecule has 150 valence electrons. The fourth-order valence-electron chi connectivity index (χ4n) is 3.44. The lowest BCUT2D eigenvalue weighted by Crippen LogP contribution is -2.50. The Kier molecular flexibility index (Phi) is 7.18. The Morgan fingerprint density at radius 1 is 1.26 bits per heavy atom. The van der Waals surface area contributed by atoms with Crippen LogP contribution >= 0.6 is 15.9 Å². The van der Waals surface area contributed by atoms with Crippen LogP contribution in [0.4, 0.5) is 0 Å². The highest BCUT2D eigenvalue weighted by atomic mass is 79.9. The normalized spacial score (nSPS) is 18.3. The first-order valence-electron chi connectivity index (χ1n) is 9.97. The van der Waals surface area contributed by atoms with Gasteiger partial charge in [0.15, 0.2) is 0 Å². The molecule has 27 heavy (non-hydrogen) atoms. The minimum atomic E-state index is -0.180. The minimum absolute atomic E-state index is 0.180. The molecule has 0 unspecified atom stereocenters. The Balaban J connectivity index is 0.000000465. The molecule has 3 rings (SSSR count). The zero-order valence-electron chi connectivity index (χ0n) is 17.5. The van der Waals surface area contributed by atoms with Crippen LogP contribution in [0.3, 0.4) is 0 Å². The van der Waals surface area contributed by atoms with Gasteiger partial charge in [-0.15, -0.1) is 0 Å². The molecule has 1 fully saturated rings. The first kappa shape index (κ1) is 22.0. The number of carbonyl (C=O) groups is 1. The monoisotopic (exact) mass is 435 g/mol. The van der Waals surface area contributed by atoms with E-state index in [1.807, 2.05) is 24.0 Å². The van der Waals surface area contributed by atoms with Gasteiger partial charge in [-0.3, -0.25) is 4.79 Å². The Bertz CT molecular complexity index is 676. The van der Waals surface area contributed by atoms with Crippen molar-refractivity contribution in [3.05, 3.63) is 34.8 Å². The molecule has 4 heteroatoms. The van der Waals surface area contributed by atoms with Gasteiger partial charge < -0.3 is 9.64 Å². The summed E-state index contributed by atoms with van der Waals surface area (Å²) in [6, 6.07) is 6.09. The third kappa shape index (κ3) is 6.38. The number of ether oxygens (including phenoxy) is 1. The quantitative estimate of drug-likeness (QED) is 0.533. The van der Waals surface area contributed by atoms with E-state index in [0.717, 1.165) is 60.1 Å². The van der Waals surface area contributed by atoms with Crippen molar-refractivity contribution in [3.8, 4) is 5.75 Å². The molecule has 2 aliphatic rings. The molecule has 0 saturated carbocycles. The smallest absolute Gasteiger partial charge is 0.222 e. The van der Waals surface area contributed by atoms with Crippen molar-refractivity contribution in [1.29, 1.82) is 0 Å². The second kappa shape index (κ2) is 8.81. The SMILES string of the molecule is C=C1CC2(CCN(C(=O)CCC)CC2)Oc2ccc(Br)cc21.CC(C)(C)C. The van der Waals surface area contributed by atoms with Gasteiger partial charge in [-0.1, -0.05) is 57.1 Å². The van der Waals surface area contributed by atoms with E-state index >= 15 is 0 Å². The number of benzene rings is 1. The van der Waals surface area contributed by atoms with Gasteiger partial charge in [0, 0.05) is 48.8 Å². The van der Waals surface area contributed by atoms with Crippen molar-refractivity contribution in [2.45, 2.75) is 72.3 Å². The summed E-state index contributed by atoms with van der Waals surface area (Å²) in [7, 11) is 0. The predicted molar refractivity (Wildman–Crippen MR) is 117 cm³/mol. The summed E-state index contributed by atoms with van der Waals surface area (Å²) in [5, 5.41) is 0. The van der Waals surface area contributed by atoms with Gasteiger partial charge in [0.2, 0.25) is 5.91 Å². The topological polar surface area (TPSA) is 29.5 Å². The number of rotatable bonds is 2. The fourth-order valence-corrected chi connectivity index (χ4v) is 3.80. The lowest BCUT2D eigenvalue weighted by molar-refractivity contribution is -0.134.